The maximum Gasteiger partial charge on any atom is 0.157 e. The summed E-state index contributed by atoms with van der Waals surface area (Å²) in [5.41, 5.74) is 0. The van der Waals surface area contributed by atoms with E-state index in [-0.39, 0.29) is 6.29 Å². The summed E-state index contributed by atoms with van der Waals surface area (Å²) < 4.78 is 10.9. The molecule has 1 aliphatic heterocycles. The largest absolute Gasteiger partial charge is 0.353 e. The second kappa shape index (κ2) is 6.21. The van der Waals surface area contributed by atoms with Crippen LogP contribution in [-0.2, 0) is 9.47 Å². The second-order valence-corrected chi connectivity index (χ2v) is 3.02. The van der Waals surface area contributed by atoms with E-state index in [9.17, 15) is 0 Å². The summed E-state index contributed by atoms with van der Waals surface area (Å²) in [5.74, 6) is 0. The number of hydrogen-bond donors (Lipinski definition) is 0. The molecule has 0 saturated carbocycles. The first-order valence-corrected chi connectivity index (χ1v) is 4.78. The van der Waals surface area contributed by atoms with Crippen molar-refractivity contribution in [3.05, 3.63) is 12.2 Å². The van der Waals surface area contributed by atoms with E-state index in [1.807, 2.05) is 13.0 Å². The van der Waals surface area contributed by atoms with Crippen molar-refractivity contribution in [1.82, 2.24) is 0 Å². The van der Waals surface area contributed by atoms with Crippen molar-refractivity contribution in [3.8, 4) is 0 Å². The van der Waals surface area contributed by atoms with Crippen LogP contribution in [0, 0.1) is 0 Å². The molecule has 0 aromatic rings. The average molecular weight is 170 g/mol. The van der Waals surface area contributed by atoms with Gasteiger partial charge in [-0.2, -0.15) is 0 Å². The van der Waals surface area contributed by atoms with Gasteiger partial charge in [0.15, 0.2) is 6.29 Å². The lowest BCUT2D eigenvalue weighted by atomic mass is 10.2. The highest BCUT2D eigenvalue weighted by atomic mass is 16.7. The van der Waals surface area contributed by atoms with Crippen LogP contribution in [0.2, 0.25) is 0 Å². The van der Waals surface area contributed by atoms with Gasteiger partial charge in [0.25, 0.3) is 0 Å². The zero-order chi connectivity index (χ0) is 8.65. The molecular weight excluding hydrogens is 152 g/mol. The van der Waals surface area contributed by atoms with Gasteiger partial charge in [-0.15, -0.1) is 0 Å². The number of allylic oxidation sites excluding steroid dienone is 1. The smallest absolute Gasteiger partial charge is 0.157 e. The summed E-state index contributed by atoms with van der Waals surface area (Å²) in [4.78, 5) is 0. The molecule has 1 saturated heterocycles. The molecule has 2 heteroatoms. The van der Waals surface area contributed by atoms with E-state index >= 15 is 0 Å². The molecule has 0 amide bonds. The van der Waals surface area contributed by atoms with Crippen LogP contribution in [0.15, 0.2) is 12.2 Å². The van der Waals surface area contributed by atoms with E-state index in [0.717, 1.165) is 26.1 Å². The van der Waals surface area contributed by atoms with E-state index in [0.29, 0.717) is 0 Å². The molecule has 1 heterocycles. The summed E-state index contributed by atoms with van der Waals surface area (Å²) in [6, 6.07) is 0. The summed E-state index contributed by atoms with van der Waals surface area (Å²) in [6.07, 6.45) is 8.73. The first kappa shape index (κ1) is 9.75. The Kier molecular flexibility index (Phi) is 5.04. The van der Waals surface area contributed by atoms with Gasteiger partial charge in [0.1, 0.15) is 0 Å². The first-order valence-electron chi connectivity index (χ1n) is 4.78. The first-order chi connectivity index (χ1) is 5.93. The Hall–Kier alpha value is -0.340. The summed E-state index contributed by atoms with van der Waals surface area (Å²) in [7, 11) is 0. The van der Waals surface area contributed by atoms with Gasteiger partial charge in [0.2, 0.25) is 0 Å². The van der Waals surface area contributed by atoms with Crippen molar-refractivity contribution >= 4 is 0 Å². The van der Waals surface area contributed by atoms with Crippen molar-refractivity contribution < 1.29 is 9.47 Å². The lowest BCUT2D eigenvalue weighted by Gasteiger charge is -2.22. The van der Waals surface area contributed by atoms with Crippen LogP contribution in [0.4, 0.5) is 0 Å². The molecule has 0 N–H and O–H groups in total. The zero-order valence-electron chi connectivity index (χ0n) is 7.79. The fourth-order valence-corrected chi connectivity index (χ4v) is 1.28. The number of rotatable bonds is 4. The highest BCUT2D eigenvalue weighted by Gasteiger charge is 2.12. The van der Waals surface area contributed by atoms with Crippen LogP contribution in [0.1, 0.15) is 32.6 Å². The van der Waals surface area contributed by atoms with Crippen molar-refractivity contribution in [2.75, 3.05) is 13.2 Å². The van der Waals surface area contributed by atoms with Gasteiger partial charge < -0.3 is 9.47 Å². The SMILES string of the molecule is C/C=C\CCOC1CCCCO1. The van der Waals surface area contributed by atoms with E-state index < -0.39 is 0 Å². The summed E-state index contributed by atoms with van der Waals surface area (Å²) in [6.45, 7) is 3.68. The lowest BCUT2D eigenvalue weighted by molar-refractivity contribution is -0.161. The minimum atomic E-state index is 0.0732. The normalized spacial score (nSPS) is 24.9. The van der Waals surface area contributed by atoms with Gasteiger partial charge >= 0.3 is 0 Å². The molecule has 0 radical (unpaired) electrons. The van der Waals surface area contributed by atoms with Gasteiger partial charge in [-0.1, -0.05) is 12.2 Å². The van der Waals surface area contributed by atoms with Gasteiger partial charge in [0, 0.05) is 6.61 Å². The van der Waals surface area contributed by atoms with Crippen LogP contribution in [0.25, 0.3) is 0 Å². The molecule has 1 unspecified atom stereocenters. The number of hydrogen-bond acceptors (Lipinski definition) is 2. The quantitative estimate of drug-likeness (QED) is 0.476. The Morgan fingerprint density at radius 1 is 1.50 bits per heavy atom. The highest BCUT2D eigenvalue weighted by molar-refractivity contribution is 4.76. The topological polar surface area (TPSA) is 18.5 Å². The van der Waals surface area contributed by atoms with Gasteiger partial charge in [-0.3, -0.25) is 0 Å². The molecule has 0 aliphatic carbocycles. The third kappa shape index (κ3) is 3.88. The van der Waals surface area contributed by atoms with E-state index in [1.165, 1.54) is 12.8 Å². The minimum Gasteiger partial charge on any atom is -0.353 e. The van der Waals surface area contributed by atoms with E-state index in [4.69, 9.17) is 9.47 Å². The van der Waals surface area contributed by atoms with Crippen LogP contribution in [-0.4, -0.2) is 19.5 Å². The molecule has 0 spiro atoms. The predicted molar refractivity (Wildman–Crippen MR) is 49.0 cm³/mol. The molecule has 2 nitrogen and oxygen atoms in total. The minimum absolute atomic E-state index is 0.0732. The molecular formula is C10H18O2. The molecule has 1 fully saturated rings. The van der Waals surface area contributed by atoms with Crippen molar-refractivity contribution in [2.45, 2.75) is 38.9 Å². The van der Waals surface area contributed by atoms with Crippen LogP contribution in [0.3, 0.4) is 0 Å². The molecule has 70 valence electrons. The van der Waals surface area contributed by atoms with Crippen LogP contribution < -0.4 is 0 Å². The standard InChI is InChI=1S/C10H18O2/c1-2-3-5-8-11-10-7-4-6-9-12-10/h2-3,10H,4-9H2,1H3/b3-2-. The molecule has 1 aliphatic rings. The predicted octanol–water partition coefficient (Wildman–Crippen LogP) is 2.50. The Balaban J connectivity index is 1.97. The van der Waals surface area contributed by atoms with Crippen molar-refractivity contribution in [3.63, 3.8) is 0 Å². The molecule has 1 rings (SSSR count). The maximum atomic E-state index is 5.51. The lowest BCUT2D eigenvalue weighted by Crippen LogP contribution is -2.22. The molecule has 0 bridgehead atoms. The van der Waals surface area contributed by atoms with Gasteiger partial charge in [-0.05, 0) is 32.6 Å². The molecule has 0 aromatic heterocycles. The monoisotopic (exact) mass is 170 g/mol. The summed E-state index contributed by atoms with van der Waals surface area (Å²) in [5, 5.41) is 0. The fourth-order valence-electron chi connectivity index (χ4n) is 1.28. The third-order valence-corrected chi connectivity index (χ3v) is 1.96. The van der Waals surface area contributed by atoms with Gasteiger partial charge in [-0.25, -0.2) is 0 Å². The Bertz CT molecular complexity index is 126. The molecule has 1 atom stereocenters. The van der Waals surface area contributed by atoms with E-state index in [1.54, 1.807) is 0 Å². The van der Waals surface area contributed by atoms with Crippen molar-refractivity contribution in [1.29, 1.82) is 0 Å². The molecule has 12 heavy (non-hydrogen) atoms. The Labute approximate surface area is 74.6 Å². The Morgan fingerprint density at radius 2 is 2.42 bits per heavy atom. The van der Waals surface area contributed by atoms with Crippen LogP contribution in [0.5, 0.6) is 0 Å². The fraction of sp³-hybridized carbons (Fsp3) is 0.800. The van der Waals surface area contributed by atoms with Gasteiger partial charge in [0.05, 0.1) is 6.61 Å². The van der Waals surface area contributed by atoms with E-state index in [2.05, 4.69) is 6.08 Å². The van der Waals surface area contributed by atoms with Crippen LogP contribution >= 0.6 is 0 Å². The Morgan fingerprint density at radius 3 is 3.08 bits per heavy atom. The summed E-state index contributed by atoms with van der Waals surface area (Å²) >= 11 is 0. The third-order valence-electron chi connectivity index (χ3n) is 1.96. The zero-order valence-corrected chi connectivity index (χ0v) is 7.79. The van der Waals surface area contributed by atoms with Crippen molar-refractivity contribution in [2.24, 2.45) is 0 Å². The number of ether oxygens (including phenoxy) is 2. The second-order valence-electron chi connectivity index (χ2n) is 3.02. The average Bonchev–Trinajstić information content (AvgIpc) is 2.14. The maximum absolute atomic E-state index is 5.51. The highest BCUT2D eigenvalue weighted by Crippen LogP contribution is 2.13. The molecule has 0 aromatic carbocycles.